The van der Waals surface area contributed by atoms with E-state index in [1.54, 1.807) is 0 Å². The standard InChI is InChI=1S/C19H27N3O3S/c1-19(2)11-14-13-22(17(19)12-20-18(14)23)16-5-3-15(4-6-16)21-7-9-26(24,25)10-8-21/h3-6,14,17H,7-13H2,1-2H3,(H,20,23)/t14-,17+/m0/s1. The van der Waals surface area contributed by atoms with E-state index < -0.39 is 9.84 Å². The van der Waals surface area contributed by atoms with Crippen LogP contribution in [-0.4, -0.2) is 58.1 Å². The third-order valence-corrected chi connectivity index (χ3v) is 7.81. The van der Waals surface area contributed by atoms with E-state index in [4.69, 9.17) is 0 Å². The molecule has 7 heteroatoms. The van der Waals surface area contributed by atoms with E-state index in [9.17, 15) is 13.2 Å². The lowest BCUT2D eigenvalue weighted by atomic mass is 9.73. The maximum atomic E-state index is 12.3. The first-order chi connectivity index (χ1) is 12.3. The second-order valence-electron chi connectivity index (χ2n) is 8.46. The van der Waals surface area contributed by atoms with Crippen molar-refractivity contribution in [2.24, 2.45) is 11.3 Å². The number of hydrogen-bond acceptors (Lipinski definition) is 5. The predicted molar refractivity (Wildman–Crippen MR) is 103 cm³/mol. The predicted octanol–water partition coefficient (Wildman–Crippen LogP) is 1.27. The van der Waals surface area contributed by atoms with Crippen molar-refractivity contribution in [2.75, 3.05) is 47.5 Å². The molecule has 142 valence electrons. The third-order valence-electron chi connectivity index (χ3n) is 6.20. The van der Waals surface area contributed by atoms with E-state index >= 15 is 0 Å². The molecule has 0 saturated carbocycles. The zero-order chi connectivity index (χ0) is 18.5. The van der Waals surface area contributed by atoms with Crippen LogP contribution in [0.4, 0.5) is 11.4 Å². The van der Waals surface area contributed by atoms with Crippen LogP contribution in [0, 0.1) is 11.3 Å². The van der Waals surface area contributed by atoms with Crippen molar-refractivity contribution in [3.63, 3.8) is 0 Å². The molecule has 1 amide bonds. The third kappa shape index (κ3) is 3.17. The highest BCUT2D eigenvalue weighted by molar-refractivity contribution is 7.91. The van der Waals surface area contributed by atoms with Crippen molar-refractivity contribution in [2.45, 2.75) is 26.3 Å². The summed E-state index contributed by atoms with van der Waals surface area (Å²) in [4.78, 5) is 16.8. The number of nitrogens with zero attached hydrogens (tertiary/aromatic N) is 2. The minimum Gasteiger partial charge on any atom is -0.369 e. The molecule has 0 radical (unpaired) electrons. The minimum absolute atomic E-state index is 0.0377. The quantitative estimate of drug-likeness (QED) is 0.841. The monoisotopic (exact) mass is 377 g/mol. The van der Waals surface area contributed by atoms with Crippen LogP contribution in [0.2, 0.25) is 0 Å². The first-order valence-electron chi connectivity index (χ1n) is 9.35. The zero-order valence-electron chi connectivity index (χ0n) is 15.4. The number of carbonyl (C=O) groups is 1. The summed E-state index contributed by atoms with van der Waals surface area (Å²) in [7, 11) is -2.87. The Kier molecular flexibility index (Phi) is 4.17. The number of rotatable bonds is 2. The Morgan fingerprint density at radius 1 is 1.08 bits per heavy atom. The molecule has 1 aromatic carbocycles. The number of fused-ring (bicyclic) bond motifs is 4. The first-order valence-corrected chi connectivity index (χ1v) is 11.2. The van der Waals surface area contributed by atoms with Gasteiger partial charge >= 0.3 is 0 Å². The number of piperidine rings is 1. The Hall–Kier alpha value is -1.76. The van der Waals surface area contributed by atoms with Crippen LogP contribution in [0.3, 0.4) is 0 Å². The van der Waals surface area contributed by atoms with Gasteiger partial charge in [0.25, 0.3) is 0 Å². The second kappa shape index (κ2) is 6.15. The summed E-state index contributed by atoms with van der Waals surface area (Å²) < 4.78 is 23.2. The van der Waals surface area contributed by atoms with Gasteiger partial charge in [-0.2, -0.15) is 0 Å². The first kappa shape index (κ1) is 17.6. The van der Waals surface area contributed by atoms with Gasteiger partial charge in [-0.3, -0.25) is 4.79 Å². The van der Waals surface area contributed by atoms with Crippen molar-refractivity contribution < 1.29 is 13.2 Å². The summed E-state index contributed by atoms with van der Waals surface area (Å²) in [5, 5.41) is 3.09. The molecule has 2 bridgehead atoms. The van der Waals surface area contributed by atoms with Crippen LogP contribution < -0.4 is 15.1 Å². The minimum atomic E-state index is -2.87. The fourth-order valence-electron chi connectivity index (χ4n) is 4.64. The van der Waals surface area contributed by atoms with Crippen molar-refractivity contribution in [3.05, 3.63) is 24.3 Å². The lowest BCUT2D eigenvalue weighted by Gasteiger charge is -2.47. The Morgan fingerprint density at radius 2 is 1.69 bits per heavy atom. The van der Waals surface area contributed by atoms with E-state index in [-0.39, 0.29) is 34.8 Å². The van der Waals surface area contributed by atoms with Crippen molar-refractivity contribution in [3.8, 4) is 0 Å². The molecule has 1 N–H and O–H groups in total. The molecule has 4 aliphatic rings. The molecule has 0 spiro atoms. The molecule has 4 heterocycles. The Labute approximate surface area is 155 Å². The number of carbonyl (C=O) groups excluding carboxylic acids is 1. The average molecular weight is 378 g/mol. The highest BCUT2D eigenvalue weighted by atomic mass is 32.2. The van der Waals surface area contributed by atoms with Crippen LogP contribution >= 0.6 is 0 Å². The molecule has 0 unspecified atom stereocenters. The lowest BCUT2D eigenvalue weighted by molar-refractivity contribution is -0.124. The zero-order valence-corrected chi connectivity index (χ0v) is 16.3. The molecular formula is C19H27N3O3S. The maximum absolute atomic E-state index is 12.3. The van der Waals surface area contributed by atoms with E-state index in [1.165, 1.54) is 0 Å². The molecule has 0 aromatic heterocycles. The van der Waals surface area contributed by atoms with Crippen LogP contribution in [0.5, 0.6) is 0 Å². The van der Waals surface area contributed by atoms with Crippen molar-refractivity contribution in [1.29, 1.82) is 0 Å². The smallest absolute Gasteiger partial charge is 0.224 e. The number of sulfone groups is 1. The molecule has 6 nitrogen and oxygen atoms in total. The topological polar surface area (TPSA) is 69.7 Å². The normalized spacial score (nSPS) is 30.0. The van der Waals surface area contributed by atoms with E-state index in [0.717, 1.165) is 24.3 Å². The van der Waals surface area contributed by atoms with E-state index in [2.05, 4.69) is 53.2 Å². The Balaban J connectivity index is 1.54. The number of anilines is 2. The molecule has 4 fully saturated rings. The van der Waals surface area contributed by atoms with Gasteiger partial charge < -0.3 is 15.1 Å². The van der Waals surface area contributed by atoms with Crippen molar-refractivity contribution >= 4 is 27.1 Å². The molecule has 4 saturated heterocycles. The van der Waals surface area contributed by atoms with Crippen molar-refractivity contribution in [1.82, 2.24) is 5.32 Å². The molecule has 5 rings (SSSR count). The van der Waals surface area contributed by atoms with Gasteiger partial charge in [-0.25, -0.2) is 8.42 Å². The van der Waals surface area contributed by atoms with Gasteiger partial charge in [0, 0.05) is 37.6 Å². The summed E-state index contributed by atoms with van der Waals surface area (Å²) in [5.74, 6) is 0.670. The Morgan fingerprint density at radius 3 is 2.35 bits per heavy atom. The number of hydrogen-bond donors (Lipinski definition) is 1. The van der Waals surface area contributed by atoms with Crippen LogP contribution in [0.25, 0.3) is 0 Å². The van der Waals surface area contributed by atoms with E-state index in [1.807, 2.05) is 0 Å². The van der Waals surface area contributed by atoms with Crippen LogP contribution in [0.15, 0.2) is 24.3 Å². The molecule has 26 heavy (non-hydrogen) atoms. The molecule has 4 aliphatic heterocycles. The molecule has 1 aromatic rings. The Bertz CT molecular complexity index is 790. The van der Waals surface area contributed by atoms with Gasteiger partial charge in [0.15, 0.2) is 9.84 Å². The van der Waals surface area contributed by atoms with Crippen LogP contribution in [-0.2, 0) is 14.6 Å². The van der Waals surface area contributed by atoms with Gasteiger partial charge in [0.2, 0.25) is 5.91 Å². The molecule has 0 aliphatic carbocycles. The largest absolute Gasteiger partial charge is 0.369 e. The number of amides is 1. The van der Waals surface area contributed by atoms with Gasteiger partial charge in [-0.1, -0.05) is 13.8 Å². The number of nitrogens with one attached hydrogen (secondary N) is 1. The van der Waals surface area contributed by atoms with Gasteiger partial charge in [-0.15, -0.1) is 0 Å². The van der Waals surface area contributed by atoms with Gasteiger partial charge in [-0.05, 0) is 36.1 Å². The summed E-state index contributed by atoms with van der Waals surface area (Å²) in [6.45, 7) is 7.07. The highest BCUT2D eigenvalue weighted by Crippen LogP contribution is 2.42. The summed E-state index contributed by atoms with van der Waals surface area (Å²) in [6.07, 6.45) is 0.931. The molecular weight excluding hydrogens is 350 g/mol. The average Bonchev–Trinajstić information content (AvgIpc) is 2.81. The summed E-state index contributed by atoms with van der Waals surface area (Å²) in [6, 6.07) is 8.66. The van der Waals surface area contributed by atoms with Gasteiger partial charge in [0.1, 0.15) is 0 Å². The highest BCUT2D eigenvalue weighted by Gasteiger charge is 2.46. The number of benzene rings is 1. The second-order valence-corrected chi connectivity index (χ2v) is 10.8. The summed E-state index contributed by atoms with van der Waals surface area (Å²) >= 11 is 0. The fraction of sp³-hybridized carbons (Fsp3) is 0.632. The lowest BCUT2D eigenvalue weighted by Crippen LogP contribution is -2.53. The maximum Gasteiger partial charge on any atom is 0.224 e. The van der Waals surface area contributed by atoms with Crippen LogP contribution in [0.1, 0.15) is 20.3 Å². The van der Waals surface area contributed by atoms with E-state index in [0.29, 0.717) is 19.6 Å². The SMILES string of the molecule is CC1(C)C[C@H]2CN(c3ccc(N4CCS(=O)(=O)CC4)cc3)[C@@H]1CNC2=O. The fourth-order valence-corrected chi connectivity index (χ4v) is 5.84. The van der Waals surface area contributed by atoms with Gasteiger partial charge in [0.05, 0.1) is 23.5 Å². The molecule has 2 atom stereocenters. The summed E-state index contributed by atoms with van der Waals surface area (Å²) in [5.41, 5.74) is 2.29.